The van der Waals surface area contributed by atoms with Crippen molar-refractivity contribution < 1.29 is 57.7 Å². The van der Waals surface area contributed by atoms with Gasteiger partial charge in [-0.05, 0) is 62.3 Å². The highest BCUT2D eigenvalue weighted by molar-refractivity contribution is 5.93. The predicted molar refractivity (Wildman–Crippen MR) is 200 cm³/mol. The maximum absolute atomic E-state index is 14.2. The monoisotopic (exact) mass is 770 g/mol. The zero-order valence-corrected chi connectivity index (χ0v) is 33.1. The SMILES string of the molecule is COC(=O)N/N=C1/[C@H](C)O[C@@H](OC2C/C=C/C=C3\CO[C@@H]4[C@H](O)C(C)=C[C@@H](C(=O)O[C@H]5CC(C/C=C/2C)OC2(C=C[C@H](C)[C@@H](C(C)C)O2)C5)[C@]34O)C[C@@H]1OC. The summed E-state index contributed by atoms with van der Waals surface area (Å²) < 4.78 is 49.1. The number of carbonyl (C=O) groups excluding carboxylic acids is 2. The van der Waals surface area contributed by atoms with Crippen LogP contribution in [0.15, 0.2) is 64.4 Å². The number of ether oxygens (including phenoxy) is 8. The molecule has 6 aliphatic rings. The number of esters is 1. The van der Waals surface area contributed by atoms with Crippen LogP contribution in [-0.4, -0.2) is 115 Å². The van der Waals surface area contributed by atoms with Crippen LogP contribution in [0.5, 0.6) is 0 Å². The van der Waals surface area contributed by atoms with Crippen molar-refractivity contribution in [2.45, 2.75) is 140 Å². The zero-order chi connectivity index (χ0) is 39.7. The molecule has 13 atom stereocenters. The van der Waals surface area contributed by atoms with Gasteiger partial charge in [0.2, 0.25) is 0 Å². The molecule has 3 saturated heterocycles. The third-order valence-electron chi connectivity index (χ3n) is 11.7. The van der Waals surface area contributed by atoms with E-state index in [1.807, 2.05) is 26.0 Å². The topological polar surface area (TPSA) is 173 Å². The van der Waals surface area contributed by atoms with Crippen LogP contribution in [0.3, 0.4) is 0 Å². The van der Waals surface area contributed by atoms with Gasteiger partial charge >= 0.3 is 12.1 Å². The minimum atomic E-state index is -1.83. The molecule has 6 rings (SSSR count). The molecule has 1 aliphatic carbocycles. The van der Waals surface area contributed by atoms with E-state index in [9.17, 15) is 19.8 Å². The maximum Gasteiger partial charge on any atom is 0.427 e. The number of nitrogens with zero attached hydrogens (tertiary/aromatic N) is 1. The van der Waals surface area contributed by atoms with Gasteiger partial charge in [0.05, 0.1) is 37.7 Å². The average molecular weight is 771 g/mol. The summed E-state index contributed by atoms with van der Waals surface area (Å²) in [5.74, 6) is -2.42. The second-order valence-corrected chi connectivity index (χ2v) is 16.0. The van der Waals surface area contributed by atoms with Crippen molar-refractivity contribution in [2.75, 3.05) is 20.8 Å². The summed E-state index contributed by atoms with van der Waals surface area (Å²) in [7, 11) is 2.82. The van der Waals surface area contributed by atoms with Gasteiger partial charge in [0, 0.05) is 32.3 Å². The van der Waals surface area contributed by atoms with Crippen molar-refractivity contribution in [1.29, 1.82) is 0 Å². The van der Waals surface area contributed by atoms with Gasteiger partial charge in [-0.3, -0.25) is 4.79 Å². The minimum absolute atomic E-state index is 0.0309. The van der Waals surface area contributed by atoms with E-state index >= 15 is 0 Å². The Morgan fingerprint density at radius 2 is 1.85 bits per heavy atom. The van der Waals surface area contributed by atoms with E-state index in [1.54, 1.807) is 32.3 Å². The van der Waals surface area contributed by atoms with Gasteiger partial charge in [-0.25, -0.2) is 10.2 Å². The van der Waals surface area contributed by atoms with Gasteiger partial charge in [-0.2, -0.15) is 5.10 Å². The standard InChI is InChI=1S/C41H58N2O12/c1-22(2)36-24(4)15-16-40(55-36)20-29-18-28(54-40)14-13-23(3)31(53-33-19-32(48-7)34(26(6)51-33)42-43-39(46)49-8)12-10-9-11-27-21-50-37-35(44)25(5)17-30(38(45)52-29)41(27,37)47/h9-11,13,15-17,22,24,26,28-33,35-37,44,47H,12,14,18-21H2,1-8H3,(H,43,46)/b10-9+,23-13+,27-11+,42-34-/t24-,26-,28?,29-,30-,31?,32-,33-,35+,36+,37+,40?,41+/m0/s1. The Kier molecular flexibility index (Phi) is 12.9. The third kappa shape index (κ3) is 8.71. The van der Waals surface area contributed by atoms with Crippen LogP contribution < -0.4 is 5.43 Å². The lowest BCUT2D eigenvalue weighted by atomic mass is 9.71. The highest BCUT2D eigenvalue weighted by Gasteiger charge is 2.60. The number of allylic oxidation sites excluding steroid dienone is 2. The molecule has 1 spiro atoms. The summed E-state index contributed by atoms with van der Waals surface area (Å²) in [6.07, 6.45) is 9.16. The molecule has 5 heterocycles. The fourth-order valence-electron chi connectivity index (χ4n) is 8.63. The molecular weight excluding hydrogens is 712 g/mol. The highest BCUT2D eigenvalue weighted by atomic mass is 16.7. The molecule has 0 aromatic carbocycles. The van der Waals surface area contributed by atoms with E-state index in [0.717, 1.165) is 5.57 Å². The van der Waals surface area contributed by atoms with Gasteiger partial charge in [-0.1, -0.05) is 57.2 Å². The van der Waals surface area contributed by atoms with Crippen LogP contribution in [0.1, 0.15) is 73.6 Å². The predicted octanol–water partition coefficient (Wildman–Crippen LogP) is 4.56. The van der Waals surface area contributed by atoms with Crippen LogP contribution in [0.2, 0.25) is 0 Å². The van der Waals surface area contributed by atoms with E-state index in [0.29, 0.717) is 42.5 Å². The van der Waals surface area contributed by atoms with Crippen LogP contribution in [0.4, 0.5) is 4.79 Å². The van der Waals surface area contributed by atoms with Gasteiger partial charge in [0.25, 0.3) is 0 Å². The maximum atomic E-state index is 14.2. The number of nitrogens with one attached hydrogen (secondary N) is 1. The van der Waals surface area contributed by atoms with E-state index in [4.69, 9.17) is 33.2 Å². The molecule has 304 valence electrons. The molecule has 2 bridgehead atoms. The van der Waals surface area contributed by atoms with Crippen LogP contribution >= 0.6 is 0 Å². The first-order valence-electron chi connectivity index (χ1n) is 19.4. The number of hydrogen-bond acceptors (Lipinski definition) is 13. The Labute approximate surface area is 323 Å². The first-order chi connectivity index (χ1) is 26.2. The van der Waals surface area contributed by atoms with Gasteiger partial charge < -0.3 is 48.1 Å². The molecule has 0 aromatic rings. The number of methoxy groups -OCH3 is 2. The average Bonchev–Trinajstić information content (AvgIpc) is 3.49. The Morgan fingerprint density at radius 1 is 1.07 bits per heavy atom. The minimum Gasteiger partial charge on any atom is -0.462 e. The summed E-state index contributed by atoms with van der Waals surface area (Å²) in [5.41, 5.74) is 2.96. The Morgan fingerprint density at radius 3 is 2.58 bits per heavy atom. The van der Waals surface area contributed by atoms with E-state index in [-0.39, 0.29) is 37.1 Å². The van der Waals surface area contributed by atoms with Crippen molar-refractivity contribution in [1.82, 2.24) is 5.43 Å². The molecule has 1 amide bonds. The van der Waals surface area contributed by atoms with Gasteiger partial charge in [-0.15, -0.1) is 0 Å². The fourth-order valence-corrected chi connectivity index (χ4v) is 8.63. The number of carbonyl (C=O) groups is 2. The lowest BCUT2D eigenvalue weighted by Gasteiger charge is -2.48. The second-order valence-electron chi connectivity index (χ2n) is 16.0. The van der Waals surface area contributed by atoms with Crippen molar-refractivity contribution in [3.8, 4) is 0 Å². The molecule has 0 radical (unpaired) electrons. The van der Waals surface area contributed by atoms with Crippen molar-refractivity contribution >= 4 is 17.8 Å². The highest BCUT2D eigenvalue weighted by Crippen LogP contribution is 2.47. The van der Waals surface area contributed by atoms with Crippen molar-refractivity contribution in [3.05, 3.63) is 59.3 Å². The number of aliphatic hydroxyl groups excluding tert-OH is 1. The smallest absolute Gasteiger partial charge is 0.427 e. The van der Waals surface area contributed by atoms with E-state index in [1.165, 1.54) is 7.11 Å². The molecule has 5 aliphatic heterocycles. The normalized spacial score (nSPS) is 44.1. The number of rotatable bonds is 5. The quantitative estimate of drug-likeness (QED) is 0.203. The molecule has 3 fully saturated rings. The van der Waals surface area contributed by atoms with E-state index in [2.05, 4.69) is 48.2 Å². The fraction of sp³-hybridized carbons (Fsp3) is 0.683. The largest absolute Gasteiger partial charge is 0.462 e. The lowest BCUT2D eigenvalue weighted by molar-refractivity contribution is -0.299. The second kappa shape index (κ2) is 17.1. The molecule has 3 N–H and O–H groups in total. The lowest BCUT2D eigenvalue weighted by Crippen LogP contribution is -2.58. The number of fused-ring (bicyclic) bond motifs is 2. The number of aliphatic hydroxyl groups is 2. The zero-order valence-electron chi connectivity index (χ0n) is 33.1. The molecule has 0 saturated carbocycles. The molecule has 3 unspecified atom stereocenters. The third-order valence-corrected chi connectivity index (χ3v) is 11.7. The van der Waals surface area contributed by atoms with Crippen molar-refractivity contribution in [2.24, 2.45) is 22.9 Å². The summed E-state index contributed by atoms with van der Waals surface area (Å²) in [4.78, 5) is 25.9. The van der Waals surface area contributed by atoms with E-state index < -0.39 is 72.3 Å². The van der Waals surface area contributed by atoms with Crippen LogP contribution in [0, 0.1) is 17.8 Å². The number of hydrazone groups is 1. The van der Waals surface area contributed by atoms with Gasteiger partial charge in [0.1, 0.15) is 42.0 Å². The number of hydrogen-bond donors (Lipinski definition) is 3. The van der Waals surface area contributed by atoms with Crippen LogP contribution in [0.25, 0.3) is 0 Å². The molecule has 14 nitrogen and oxygen atoms in total. The summed E-state index contributed by atoms with van der Waals surface area (Å²) in [6.45, 7) is 11.9. The Balaban J connectivity index is 1.33. The van der Waals surface area contributed by atoms with Gasteiger partial charge in [0.15, 0.2) is 12.1 Å². The van der Waals surface area contributed by atoms with Crippen molar-refractivity contribution in [3.63, 3.8) is 0 Å². The molecule has 55 heavy (non-hydrogen) atoms. The molecular formula is C41H58N2O12. The Bertz CT molecular complexity index is 1620. The van der Waals surface area contributed by atoms with Crippen LogP contribution in [-0.2, 0) is 42.7 Å². The first-order valence-corrected chi connectivity index (χ1v) is 19.4. The molecule has 14 heteroatoms. The summed E-state index contributed by atoms with van der Waals surface area (Å²) >= 11 is 0. The Hall–Kier alpha value is -3.21. The summed E-state index contributed by atoms with van der Waals surface area (Å²) in [5, 5.41) is 27.6. The summed E-state index contributed by atoms with van der Waals surface area (Å²) in [6, 6.07) is 0. The first kappa shape index (κ1) is 41.4. The molecule has 0 aromatic heterocycles. The number of amides is 1.